The van der Waals surface area contributed by atoms with Gasteiger partial charge in [0.05, 0.1) is 20.6 Å². The second-order valence-corrected chi connectivity index (χ2v) is 5.67. The molecule has 0 unspecified atom stereocenters. The van der Waals surface area contributed by atoms with Crippen molar-refractivity contribution in [2.75, 3.05) is 6.54 Å². The van der Waals surface area contributed by atoms with Crippen molar-refractivity contribution in [3.05, 3.63) is 32.1 Å². The van der Waals surface area contributed by atoms with Gasteiger partial charge in [-0.05, 0) is 27.5 Å². The molecule has 0 radical (unpaired) electrons. The van der Waals surface area contributed by atoms with Crippen molar-refractivity contribution in [1.82, 2.24) is 14.7 Å². The van der Waals surface area contributed by atoms with Crippen molar-refractivity contribution in [1.29, 1.82) is 0 Å². The molecule has 2 aromatic rings. The van der Waals surface area contributed by atoms with Gasteiger partial charge >= 0.3 is 0 Å². The maximum atomic E-state index is 4.23. The first-order valence-corrected chi connectivity index (χ1v) is 6.99. The van der Waals surface area contributed by atoms with Gasteiger partial charge in [-0.2, -0.15) is 4.37 Å². The molecule has 0 aliphatic rings. The highest BCUT2D eigenvalue weighted by atomic mass is 79.9. The highest BCUT2D eigenvalue weighted by molar-refractivity contribution is 9.10. The Morgan fingerprint density at radius 1 is 1.35 bits per heavy atom. The number of thiazole rings is 1. The highest BCUT2D eigenvalue weighted by Crippen LogP contribution is 2.19. The Kier molecular flexibility index (Phi) is 9.39. The fourth-order valence-corrected chi connectivity index (χ4v) is 2.95. The van der Waals surface area contributed by atoms with Crippen LogP contribution in [0.15, 0.2) is 22.2 Å². The quantitative estimate of drug-likeness (QED) is 0.811. The third-order valence-electron chi connectivity index (χ3n) is 1.88. The molecule has 0 aliphatic heterocycles. The molecule has 96 valence electrons. The molecule has 2 rings (SSSR count). The number of rotatable bonds is 5. The Balaban J connectivity index is 0.00000128. The molecular weight excluding hydrogens is 365 g/mol. The van der Waals surface area contributed by atoms with E-state index in [4.69, 9.17) is 0 Å². The lowest BCUT2D eigenvalue weighted by molar-refractivity contribution is 0.690. The van der Waals surface area contributed by atoms with Gasteiger partial charge < -0.3 is 5.32 Å². The standard InChI is InChI=1S/C9H10BrN3S2.2ClH/c10-7-5-13-15-8(7)6-11-2-1-9-12-3-4-14-9;;/h3-5,11H,1-2,6H2;2*1H. The van der Waals surface area contributed by atoms with Crippen LogP contribution in [0.1, 0.15) is 9.88 Å². The minimum atomic E-state index is 0. The van der Waals surface area contributed by atoms with Crippen LogP contribution in [0.2, 0.25) is 0 Å². The Bertz CT molecular complexity index is 408. The largest absolute Gasteiger partial charge is 0.311 e. The summed E-state index contributed by atoms with van der Waals surface area (Å²) in [5.41, 5.74) is 0. The van der Waals surface area contributed by atoms with Crippen molar-refractivity contribution < 1.29 is 0 Å². The van der Waals surface area contributed by atoms with Crippen molar-refractivity contribution >= 4 is 63.6 Å². The summed E-state index contributed by atoms with van der Waals surface area (Å²) in [6.45, 7) is 1.83. The number of halogens is 3. The van der Waals surface area contributed by atoms with Gasteiger partial charge in [0.15, 0.2) is 0 Å². The van der Waals surface area contributed by atoms with Crippen LogP contribution in [0.4, 0.5) is 0 Å². The van der Waals surface area contributed by atoms with E-state index in [1.54, 1.807) is 11.3 Å². The molecule has 0 saturated heterocycles. The van der Waals surface area contributed by atoms with E-state index in [1.807, 2.05) is 17.8 Å². The molecule has 2 heterocycles. The molecule has 0 fully saturated rings. The zero-order chi connectivity index (χ0) is 10.5. The number of hydrogen-bond acceptors (Lipinski definition) is 5. The van der Waals surface area contributed by atoms with Gasteiger partial charge in [-0.25, -0.2) is 4.98 Å². The van der Waals surface area contributed by atoms with Crippen molar-refractivity contribution in [2.45, 2.75) is 13.0 Å². The monoisotopic (exact) mass is 375 g/mol. The summed E-state index contributed by atoms with van der Waals surface area (Å²) < 4.78 is 5.19. The zero-order valence-corrected chi connectivity index (χ0v) is 13.6. The second kappa shape index (κ2) is 9.24. The first kappa shape index (κ1) is 17.3. The van der Waals surface area contributed by atoms with E-state index < -0.39 is 0 Å². The van der Waals surface area contributed by atoms with Crippen LogP contribution in [-0.2, 0) is 13.0 Å². The Hall–Kier alpha value is 0.280. The lowest BCUT2D eigenvalue weighted by Crippen LogP contribution is -2.16. The summed E-state index contributed by atoms with van der Waals surface area (Å²) in [6, 6.07) is 0. The molecule has 1 N–H and O–H groups in total. The second-order valence-electron chi connectivity index (χ2n) is 2.95. The summed E-state index contributed by atoms with van der Waals surface area (Å²) >= 11 is 6.68. The van der Waals surface area contributed by atoms with Crippen molar-refractivity contribution in [2.24, 2.45) is 0 Å². The molecule has 0 spiro atoms. The topological polar surface area (TPSA) is 37.8 Å². The van der Waals surface area contributed by atoms with E-state index in [0.29, 0.717) is 0 Å². The van der Waals surface area contributed by atoms with Gasteiger partial charge in [-0.15, -0.1) is 36.2 Å². The normalized spacial score (nSPS) is 9.47. The molecule has 0 atom stereocenters. The summed E-state index contributed by atoms with van der Waals surface area (Å²) in [5.74, 6) is 0. The third-order valence-corrected chi connectivity index (χ3v) is 4.46. The van der Waals surface area contributed by atoms with Crippen LogP contribution in [0, 0.1) is 0 Å². The molecule has 0 aliphatic carbocycles. The van der Waals surface area contributed by atoms with Gasteiger partial charge in [0, 0.05) is 31.1 Å². The summed E-state index contributed by atoms with van der Waals surface area (Å²) in [7, 11) is 0. The van der Waals surface area contributed by atoms with Crippen LogP contribution in [0.3, 0.4) is 0 Å². The number of aromatic nitrogens is 2. The van der Waals surface area contributed by atoms with E-state index in [0.717, 1.165) is 24.0 Å². The number of hydrogen-bond donors (Lipinski definition) is 1. The summed E-state index contributed by atoms with van der Waals surface area (Å²) in [5, 5.41) is 6.57. The molecular formula is C9H12BrCl2N3S2. The lowest BCUT2D eigenvalue weighted by atomic mass is 10.4. The van der Waals surface area contributed by atoms with Crippen LogP contribution in [0.25, 0.3) is 0 Å². The van der Waals surface area contributed by atoms with E-state index in [9.17, 15) is 0 Å². The van der Waals surface area contributed by atoms with Gasteiger partial charge in [0.1, 0.15) is 0 Å². The summed E-state index contributed by atoms with van der Waals surface area (Å²) in [6.07, 6.45) is 4.68. The first-order valence-electron chi connectivity index (χ1n) is 4.54. The smallest absolute Gasteiger partial charge is 0.0937 e. The van der Waals surface area contributed by atoms with Gasteiger partial charge in [-0.1, -0.05) is 0 Å². The van der Waals surface area contributed by atoms with Crippen LogP contribution >= 0.6 is 63.6 Å². The maximum Gasteiger partial charge on any atom is 0.0937 e. The van der Waals surface area contributed by atoms with Crippen LogP contribution < -0.4 is 5.32 Å². The molecule has 0 aromatic carbocycles. The molecule has 0 bridgehead atoms. The van der Waals surface area contributed by atoms with Crippen molar-refractivity contribution in [3.63, 3.8) is 0 Å². The van der Waals surface area contributed by atoms with Crippen LogP contribution in [0.5, 0.6) is 0 Å². The molecule has 17 heavy (non-hydrogen) atoms. The van der Waals surface area contributed by atoms with E-state index in [2.05, 4.69) is 30.6 Å². The highest BCUT2D eigenvalue weighted by Gasteiger charge is 2.01. The van der Waals surface area contributed by atoms with Gasteiger partial charge in [0.25, 0.3) is 0 Å². The van der Waals surface area contributed by atoms with Crippen molar-refractivity contribution in [3.8, 4) is 0 Å². The first-order chi connectivity index (χ1) is 7.36. The number of nitrogens with zero attached hydrogens (tertiary/aromatic N) is 2. The Morgan fingerprint density at radius 2 is 2.18 bits per heavy atom. The zero-order valence-electron chi connectivity index (χ0n) is 8.76. The van der Waals surface area contributed by atoms with Crippen LogP contribution in [-0.4, -0.2) is 15.9 Å². The fourth-order valence-electron chi connectivity index (χ4n) is 1.14. The minimum absolute atomic E-state index is 0. The Morgan fingerprint density at radius 3 is 2.76 bits per heavy atom. The molecule has 2 aromatic heterocycles. The predicted octanol–water partition coefficient (Wildman–Crippen LogP) is 3.54. The molecule has 0 amide bonds. The van der Waals surface area contributed by atoms with Gasteiger partial charge in [-0.3, -0.25) is 0 Å². The fraction of sp³-hybridized carbons (Fsp3) is 0.333. The third kappa shape index (κ3) is 5.63. The summed E-state index contributed by atoms with van der Waals surface area (Å²) in [4.78, 5) is 5.47. The average Bonchev–Trinajstić information content (AvgIpc) is 2.85. The van der Waals surface area contributed by atoms with E-state index in [-0.39, 0.29) is 24.8 Å². The number of nitrogens with one attached hydrogen (secondary N) is 1. The van der Waals surface area contributed by atoms with E-state index in [1.165, 1.54) is 21.4 Å². The average molecular weight is 377 g/mol. The lowest BCUT2D eigenvalue weighted by Gasteiger charge is -2.00. The van der Waals surface area contributed by atoms with E-state index >= 15 is 0 Å². The molecule has 3 nitrogen and oxygen atoms in total. The predicted molar refractivity (Wildman–Crippen MR) is 81.8 cm³/mol. The molecule has 0 saturated carbocycles. The van der Waals surface area contributed by atoms with Gasteiger partial charge in [0.2, 0.25) is 0 Å². The Labute approximate surface area is 129 Å². The molecule has 8 heteroatoms. The SMILES string of the molecule is Brc1cnsc1CNCCc1nccs1.Cl.Cl. The minimum Gasteiger partial charge on any atom is -0.311 e. The maximum absolute atomic E-state index is 4.23.